The molecule has 3 aromatic carbocycles. The van der Waals surface area contributed by atoms with E-state index >= 15 is 0 Å². The van der Waals surface area contributed by atoms with Gasteiger partial charge in [0.05, 0.1) is 12.7 Å². The Balaban J connectivity index is 1.73. The van der Waals surface area contributed by atoms with Crippen LogP contribution in [-0.2, 0) is 4.74 Å². The quantitative estimate of drug-likeness (QED) is 0.600. The van der Waals surface area contributed by atoms with E-state index in [0.29, 0.717) is 22.6 Å². The molecule has 8 heteroatoms. The molecule has 0 aliphatic carbocycles. The highest BCUT2D eigenvalue weighted by Crippen LogP contribution is 2.21. The number of hydrogen-bond donors (Lipinski definition) is 2. The number of carbonyl (C=O) groups is 3. The van der Waals surface area contributed by atoms with Crippen molar-refractivity contribution >= 4 is 35.0 Å². The smallest absolute Gasteiger partial charge is 0.413 e. The van der Waals surface area contributed by atoms with Crippen LogP contribution in [0.3, 0.4) is 0 Å². The zero-order chi connectivity index (χ0) is 23.3. The van der Waals surface area contributed by atoms with Gasteiger partial charge in [0.2, 0.25) is 0 Å². The average Bonchev–Trinajstić information content (AvgIpc) is 2.80. The summed E-state index contributed by atoms with van der Waals surface area (Å²) in [4.78, 5) is 38.0. The number of anilines is 3. The fourth-order valence-electron chi connectivity index (χ4n) is 2.95. The van der Waals surface area contributed by atoms with Crippen LogP contribution in [0.15, 0.2) is 66.7 Å². The number of methoxy groups -OCH3 is 1. The van der Waals surface area contributed by atoms with E-state index in [4.69, 9.17) is 0 Å². The molecule has 0 aromatic heterocycles. The van der Waals surface area contributed by atoms with Gasteiger partial charge in [-0.1, -0.05) is 18.2 Å². The summed E-state index contributed by atoms with van der Waals surface area (Å²) in [7, 11) is 2.87. The van der Waals surface area contributed by atoms with Crippen LogP contribution in [0.1, 0.15) is 26.3 Å². The van der Waals surface area contributed by atoms with Crippen molar-refractivity contribution in [1.29, 1.82) is 0 Å². The van der Waals surface area contributed by atoms with Gasteiger partial charge in [-0.25, -0.2) is 9.18 Å². The summed E-state index contributed by atoms with van der Waals surface area (Å²) in [6, 6.07) is 17.2. The normalized spacial score (nSPS) is 10.2. The van der Waals surface area contributed by atoms with Gasteiger partial charge in [-0.05, 0) is 61.0 Å². The van der Waals surface area contributed by atoms with E-state index in [-0.39, 0.29) is 11.5 Å². The van der Waals surface area contributed by atoms with E-state index < -0.39 is 17.8 Å². The van der Waals surface area contributed by atoms with Gasteiger partial charge in [0, 0.05) is 29.7 Å². The number of rotatable bonds is 5. The highest BCUT2D eigenvalue weighted by molar-refractivity contribution is 6.08. The largest absolute Gasteiger partial charge is 0.452 e. The Hall–Kier alpha value is -4.20. The van der Waals surface area contributed by atoms with E-state index in [1.807, 2.05) is 0 Å². The molecule has 0 saturated heterocycles. The zero-order valence-corrected chi connectivity index (χ0v) is 17.8. The second-order valence-corrected chi connectivity index (χ2v) is 6.99. The molecular formula is C24H22FN3O4. The van der Waals surface area contributed by atoms with Crippen molar-refractivity contribution in [2.45, 2.75) is 6.92 Å². The molecule has 32 heavy (non-hydrogen) atoms. The number of amides is 3. The van der Waals surface area contributed by atoms with E-state index in [2.05, 4.69) is 15.4 Å². The number of carbonyl (C=O) groups excluding carboxylic acids is 3. The zero-order valence-electron chi connectivity index (χ0n) is 17.8. The minimum absolute atomic E-state index is 0.0845. The van der Waals surface area contributed by atoms with Gasteiger partial charge in [-0.3, -0.25) is 14.5 Å². The van der Waals surface area contributed by atoms with Crippen molar-refractivity contribution in [2.75, 3.05) is 29.7 Å². The monoisotopic (exact) mass is 435 g/mol. The maximum absolute atomic E-state index is 13.9. The number of nitrogens with one attached hydrogen (secondary N) is 2. The van der Waals surface area contributed by atoms with Gasteiger partial charge in [0.15, 0.2) is 0 Å². The Morgan fingerprint density at radius 2 is 1.59 bits per heavy atom. The van der Waals surface area contributed by atoms with Crippen LogP contribution in [-0.4, -0.2) is 32.1 Å². The standard InChI is InChI=1S/C24H22FN3O4/c1-15-8-9-16(14-21(15)27-23(30)19-6-4-5-7-20(19)25)22(29)26-17-10-12-18(13-11-17)28(2)24(31)32-3/h4-14H,1-3H3,(H,26,29)(H,27,30). The van der Waals surface area contributed by atoms with Crippen molar-refractivity contribution in [3.05, 3.63) is 89.2 Å². The number of benzene rings is 3. The second-order valence-electron chi connectivity index (χ2n) is 6.99. The van der Waals surface area contributed by atoms with Crippen LogP contribution in [0, 0.1) is 12.7 Å². The minimum atomic E-state index is -0.627. The molecule has 2 N–H and O–H groups in total. The summed E-state index contributed by atoms with van der Waals surface area (Å²) < 4.78 is 18.6. The van der Waals surface area contributed by atoms with Crippen LogP contribution in [0.25, 0.3) is 0 Å². The lowest BCUT2D eigenvalue weighted by Gasteiger charge is -2.16. The molecule has 0 atom stereocenters. The fourth-order valence-corrected chi connectivity index (χ4v) is 2.95. The Kier molecular flexibility index (Phi) is 6.84. The van der Waals surface area contributed by atoms with Crippen LogP contribution < -0.4 is 15.5 Å². The van der Waals surface area contributed by atoms with Gasteiger partial charge >= 0.3 is 6.09 Å². The molecule has 3 rings (SSSR count). The molecular weight excluding hydrogens is 413 g/mol. The topological polar surface area (TPSA) is 87.7 Å². The van der Waals surface area contributed by atoms with Gasteiger partial charge in [0.1, 0.15) is 5.82 Å². The van der Waals surface area contributed by atoms with E-state index in [0.717, 1.165) is 5.56 Å². The number of halogens is 1. The molecule has 7 nitrogen and oxygen atoms in total. The highest BCUT2D eigenvalue weighted by atomic mass is 19.1. The molecule has 0 spiro atoms. The van der Waals surface area contributed by atoms with Crippen LogP contribution >= 0.6 is 0 Å². The van der Waals surface area contributed by atoms with Crippen LogP contribution in [0.5, 0.6) is 0 Å². The molecule has 0 aliphatic rings. The number of aryl methyl sites for hydroxylation is 1. The Labute approximate surface area is 184 Å². The molecule has 0 saturated carbocycles. The lowest BCUT2D eigenvalue weighted by molar-refractivity contribution is 0.101. The van der Waals surface area contributed by atoms with Crippen molar-refractivity contribution in [2.24, 2.45) is 0 Å². The summed E-state index contributed by atoms with van der Waals surface area (Å²) in [5.74, 6) is -1.62. The lowest BCUT2D eigenvalue weighted by Crippen LogP contribution is -2.25. The lowest BCUT2D eigenvalue weighted by atomic mass is 10.1. The molecule has 164 valence electrons. The number of ether oxygens (including phenoxy) is 1. The maximum Gasteiger partial charge on any atom is 0.413 e. The summed E-state index contributed by atoms with van der Waals surface area (Å²) >= 11 is 0. The first-order chi connectivity index (χ1) is 15.3. The Morgan fingerprint density at radius 1 is 0.906 bits per heavy atom. The predicted octanol–water partition coefficient (Wildman–Crippen LogP) is 4.84. The molecule has 0 heterocycles. The summed E-state index contributed by atoms with van der Waals surface area (Å²) in [6.07, 6.45) is -0.508. The third kappa shape index (κ3) is 5.10. The Bertz CT molecular complexity index is 1160. The SMILES string of the molecule is COC(=O)N(C)c1ccc(NC(=O)c2ccc(C)c(NC(=O)c3ccccc3F)c2)cc1. The van der Waals surface area contributed by atoms with E-state index in [9.17, 15) is 18.8 Å². The van der Waals surface area contributed by atoms with Crippen LogP contribution in [0.2, 0.25) is 0 Å². The third-order valence-corrected chi connectivity index (χ3v) is 4.83. The maximum atomic E-state index is 13.9. The molecule has 3 aromatic rings. The molecule has 0 fully saturated rings. The molecule has 0 bridgehead atoms. The summed E-state index contributed by atoms with van der Waals surface area (Å²) in [5.41, 5.74) is 2.48. The van der Waals surface area contributed by atoms with Crippen molar-refractivity contribution in [3.63, 3.8) is 0 Å². The van der Waals surface area contributed by atoms with Gasteiger partial charge < -0.3 is 15.4 Å². The third-order valence-electron chi connectivity index (χ3n) is 4.83. The molecule has 0 aliphatic heterocycles. The first-order valence-electron chi connectivity index (χ1n) is 9.69. The number of nitrogens with zero attached hydrogens (tertiary/aromatic N) is 1. The summed E-state index contributed by atoms with van der Waals surface area (Å²) in [6.45, 7) is 1.77. The first kappa shape index (κ1) is 22.5. The predicted molar refractivity (Wildman–Crippen MR) is 121 cm³/mol. The minimum Gasteiger partial charge on any atom is -0.452 e. The van der Waals surface area contributed by atoms with E-state index in [1.54, 1.807) is 56.4 Å². The van der Waals surface area contributed by atoms with Crippen molar-refractivity contribution in [1.82, 2.24) is 0 Å². The average molecular weight is 435 g/mol. The van der Waals surface area contributed by atoms with Gasteiger partial charge in [-0.15, -0.1) is 0 Å². The molecule has 0 radical (unpaired) electrons. The van der Waals surface area contributed by atoms with Crippen molar-refractivity contribution < 1.29 is 23.5 Å². The molecule has 0 unspecified atom stereocenters. The van der Waals surface area contributed by atoms with E-state index in [1.165, 1.54) is 36.3 Å². The molecule has 3 amide bonds. The summed E-state index contributed by atoms with van der Waals surface area (Å²) in [5, 5.41) is 5.42. The first-order valence-corrected chi connectivity index (χ1v) is 9.69. The van der Waals surface area contributed by atoms with Gasteiger partial charge in [0.25, 0.3) is 11.8 Å². The Morgan fingerprint density at radius 3 is 2.25 bits per heavy atom. The number of hydrogen-bond acceptors (Lipinski definition) is 4. The van der Waals surface area contributed by atoms with Gasteiger partial charge in [-0.2, -0.15) is 0 Å². The van der Waals surface area contributed by atoms with Crippen molar-refractivity contribution in [3.8, 4) is 0 Å². The fraction of sp³-hybridized carbons (Fsp3) is 0.125. The van der Waals surface area contributed by atoms with Crippen LogP contribution in [0.4, 0.5) is 26.2 Å². The second kappa shape index (κ2) is 9.74. The highest BCUT2D eigenvalue weighted by Gasteiger charge is 2.15.